The number of anilines is 2. The monoisotopic (exact) mass is 350 g/mol. The number of aromatic nitrogens is 2. The van der Waals surface area contributed by atoms with Crippen LogP contribution in [0.15, 0.2) is 60.8 Å². The number of nitrogens with zero attached hydrogens (tertiary/aromatic N) is 3. The summed E-state index contributed by atoms with van der Waals surface area (Å²) in [6, 6.07) is 17.1. The van der Waals surface area contributed by atoms with Crippen molar-refractivity contribution in [3.05, 3.63) is 71.9 Å². The summed E-state index contributed by atoms with van der Waals surface area (Å²) in [6.45, 7) is 0.572. The van der Waals surface area contributed by atoms with Gasteiger partial charge in [0.15, 0.2) is 0 Å². The summed E-state index contributed by atoms with van der Waals surface area (Å²) in [6.07, 6.45) is 1.67. The van der Waals surface area contributed by atoms with Crippen molar-refractivity contribution in [2.24, 2.45) is 0 Å². The van der Waals surface area contributed by atoms with Crippen LogP contribution < -0.4 is 15.0 Å². The predicted molar refractivity (Wildman–Crippen MR) is 103 cm³/mol. The Kier molecular flexibility index (Phi) is 5.22. The van der Waals surface area contributed by atoms with Gasteiger partial charge in [0, 0.05) is 25.8 Å². The van der Waals surface area contributed by atoms with Crippen molar-refractivity contribution in [1.82, 2.24) is 9.78 Å². The van der Waals surface area contributed by atoms with E-state index in [9.17, 15) is 4.79 Å². The minimum atomic E-state index is -0.229. The zero-order chi connectivity index (χ0) is 18.5. The molecule has 1 N–H and O–H groups in total. The van der Waals surface area contributed by atoms with Gasteiger partial charge in [-0.1, -0.05) is 24.3 Å². The van der Waals surface area contributed by atoms with E-state index in [-0.39, 0.29) is 5.91 Å². The molecule has 0 saturated carbocycles. The number of rotatable bonds is 6. The molecule has 134 valence electrons. The maximum absolute atomic E-state index is 12.6. The molecule has 0 atom stereocenters. The molecule has 0 unspecified atom stereocenters. The van der Waals surface area contributed by atoms with Crippen molar-refractivity contribution >= 4 is 17.4 Å². The third-order valence-corrected chi connectivity index (χ3v) is 4.09. The number of carbonyl (C=O) groups excluding carboxylic acids is 1. The van der Waals surface area contributed by atoms with Crippen LogP contribution in [0.5, 0.6) is 5.75 Å². The van der Waals surface area contributed by atoms with Crippen molar-refractivity contribution < 1.29 is 9.53 Å². The largest absolute Gasteiger partial charge is 0.496 e. The molecule has 0 aliphatic heterocycles. The number of hydrogen-bond donors (Lipinski definition) is 1. The van der Waals surface area contributed by atoms with Gasteiger partial charge in [-0.3, -0.25) is 4.79 Å². The van der Waals surface area contributed by atoms with E-state index < -0.39 is 0 Å². The number of methoxy groups -OCH3 is 1. The van der Waals surface area contributed by atoms with E-state index in [2.05, 4.69) is 39.6 Å². The van der Waals surface area contributed by atoms with Crippen molar-refractivity contribution in [1.29, 1.82) is 0 Å². The van der Waals surface area contributed by atoms with Crippen LogP contribution in [0.4, 0.5) is 11.5 Å². The molecule has 0 bridgehead atoms. The highest BCUT2D eigenvalue weighted by Crippen LogP contribution is 2.20. The van der Waals surface area contributed by atoms with Crippen LogP contribution in [0.3, 0.4) is 0 Å². The molecule has 6 nitrogen and oxygen atoms in total. The summed E-state index contributed by atoms with van der Waals surface area (Å²) in [5.41, 5.74) is 2.73. The van der Waals surface area contributed by atoms with E-state index in [1.807, 2.05) is 20.2 Å². The first-order chi connectivity index (χ1) is 12.6. The van der Waals surface area contributed by atoms with Crippen LogP contribution in [-0.4, -0.2) is 36.9 Å². The summed E-state index contributed by atoms with van der Waals surface area (Å²) in [5.74, 6) is 0.945. The molecule has 0 aliphatic carbocycles. The number of hydrogen-bond acceptors (Lipinski definition) is 4. The third-order valence-electron chi connectivity index (χ3n) is 4.09. The Hall–Kier alpha value is -3.28. The molecule has 1 heterocycles. The van der Waals surface area contributed by atoms with Crippen molar-refractivity contribution in [2.45, 2.75) is 6.54 Å². The standard InChI is InChI=1S/C20H22N4O2/c1-23(2)16-10-8-15(9-11-16)14-24-19(12-13-21-24)22-20(25)17-6-4-5-7-18(17)26-3/h4-13H,14H2,1-3H3,(H,22,25). The number of amides is 1. The number of benzene rings is 2. The fourth-order valence-corrected chi connectivity index (χ4v) is 2.65. The molecule has 0 aliphatic rings. The molecule has 3 rings (SSSR count). The summed E-state index contributed by atoms with van der Waals surface area (Å²) >= 11 is 0. The lowest BCUT2D eigenvalue weighted by Gasteiger charge is -2.14. The molecular formula is C20H22N4O2. The molecule has 0 fully saturated rings. The van der Waals surface area contributed by atoms with Gasteiger partial charge in [-0.25, -0.2) is 4.68 Å². The Morgan fingerprint density at radius 1 is 1.12 bits per heavy atom. The smallest absolute Gasteiger partial charge is 0.260 e. The van der Waals surface area contributed by atoms with Gasteiger partial charge in [0.25, 0.3) is 5.91 Å². The van der Waals surface area contributed by atoms with E-state index in [4.69, 9.17) is 4.74 Å². The van der Waals surface area contributed by atoms with Gasteiger partial charge in [0.1, 0.15) is 11.6 Å². The highest BCUT2D eigenvalue weighted by atomic mass is 16.5. The average molecular weight is 350 g/mol. The lowest BCUT2D eigenvalue weighted by atomic mass is 10.2. The highest BCUT2D eigenvalue weighted by Gasteiger charge is 2.14. The van der Waals surface area contributed by atoms with Gasteiger partial charge in [-0.15, -0.1) is 0 Å². The summed E-state index contributed by atoms with van der Waals surface area (Å²) < 4.78 is 7.02. The highest BCUT2D eigenvalue weighted by molar-refractivity contribution is 6.05. The van der Waals surface area contributed by atoms with E-state index in [1.165, 1.54) is 0 Å². The molecule has 26 heavy (non-hydrogen) atoms. The number of ether oxygens (including phenoxy) is 1. The topological polar surface area (TPSA) is 59.4 Å². The van der Waals surface area contributed by atoms with Gasteiger partial charge in [0.05, 0.1) is 25.4 Å². The summed E-state index contributed by atoms with van der Waals surface area (Å²) in [7, 11) is 5.57. The van der Waals surface area contributed by atoms with Gasteiger partial charge in [-0.05, 0) is 29.8 Å². The van der Waals surface area contributed by atoms with Crippen LogP contribution >= 0.6 is 0 Å². The molecule has 1 amide bonds. The molecule has 0 radical (unpaired) electrons. The Morgan fingerprint density at radius 3 is 2.54 bits per heavy atom. The zero-order valence-corrected chi connectivity index (χ0v) is 15.1. The molecule has 0 saturated heterocycles. The minimum Gasteiger partial charge on any atom is -0.496 e. The Balaban J connectivity index is 1.75. The lowest BCUT2D eigenvalue weighted by Crippen LogP contribution is -2.17. The van der Waals surface area contributed by atoms with Gasteiger partial charge < -0.3 is 15.0 Å². The zero-order valence-electron chi connectivity index (χ0n) is 15.1. The van der Waals surface area contributed by atoms with Crippen LogP contribution in [0, 0.1) is 0 Å². The van der Waals surface area contributed by atoms with Gasteiger partial charge >= 0.3 is 0 Å². The van der Waals surface area contributed by atoms with Gasteiger partial charge in [-0.2, -0.15) is 5.10 Å². The van der Waals surface area contributed by atoms with E-state index in [1.54, 1.807) is 42.3 Å². The fourth-order valence-electron chi connectivity index (χ4n) is 2.65. The Morgan fingerprint density at radius 2 is 1.85 bits per heavy atom. The van der Waals surface area contributed by atoms with Gasteiger partial charge in [0.2, 0.25) is 0 Å². The van der Waals surface area contributed by atoms with E-state index >= 15 is 0 Å². The van der Waals surface area contributed by atoms with Crippen LogP contribution in [0.25, 0.3) is 0 Å². The normalized spacial score (nSPS) is 10.4. The van der Waals surface area contributed by atoms with E-state index in [0.717, 1.165) is 11.3 Å². The predicted octanol–water partition coefficient (Wildman–Crippen LogP) is 3.26. The number of para-hydroxylation sites is 1. The molecule has 0 spiro atoms. The van der Waals surface area contributed by atoms with Crippen LogP contribution in [0.2, 0.25) is 0 Å². The van der Waals surface area contributed by atoms with Crippen molar-refractivity contribution in [3.63, 3.8) is 0 Å². The summed E-state index contributed by atoms with van der Waals surface area (Å²) in [5, 5.41) is 7.22. The maximum atomic E-state index is 12.6. The van der Waals surface area contributed by atoms with Crippen molar-refractivity contribution in [2.75, 3.05) is 31.4 Å². The second-order valence-corrected chi connectivity index (χ2v) is 6.09. The fraction of sp³-hybridized carbons (Fsp3) is 0.200. The maximum Gasteiger partial charge on any atom is 0.260 e. The number of carbonyl (C=O) groups is 1. The van der Waals surface area contributed by atoms with Crippen molar-refractivity contribution in [3.8, 4) is 5.75 Å². The number of nitrogens with one attached hydrogen (secondary N) is 1. The second kappa shape index (κ2) is 7.74. The van der Waals surface area contributed by atoms with E-state index in [0.29, 0.717) is 23.7 Å². The second-order valence-electron chi connectivity index (χ2n) is 6.09. The first-order valence-electron chi connectivity index (χ1n) is 8.31. The molecule has 2 aromatic carbocycles. The quantitative estimate of drug-likeness (QED) is 0.741. The molecule has 1 aromatic heterocycles. The Bertz CT molecular complexity index is 885. The third kappa shape index (κ3) is 3.85. The Labute approximate surface area is 153 Å². The minimum absolute atomic E-state index is 0.229. The summed E-state index contributed by atoms with van der Waals surface area (Å²) in [4.78, 5) is 14.6. The molecular weight excluding hydrogens is 328 g/mol. The van der Waals surface area contributed by atoms with Crippen LogP contribution in [0.1, 0.15) is 15.9 Å². The first kappa shape index (κ1) is 17.5. The van der Waals surface area contributed by atoms with Crippen LogP contribution in [-0.2, 0) is 6.54 Å². The molecule has 6 heteroatoms. The first-order valence-corrected chi connectivity index (χ1v) is 8.31. The average Bonchev–Trinajstić information content (AvgIpc) is 3.08. The SMILES string of the molecule is COc1ccccc1C(=O)Nc1ccnn1Cc1ccc(N(C)C)cc1. The lowest BCUT2D eigenvalue weighted by molar-refractivity contribution is 0.102. The molecule has 3 aromatic rings.